The molecule has 1 aliphatic rings. The van der Waals surface area contributed by atoms with Crippen molar-refractivity contribution in [3.63, 3.8) is 0 Å². The maximum Gasteiger partial charge on any atom is 0.234 e. The van der Waals surface area contributed by atoms with Crippen LogP contribution in [0.25, 0.3) is 10.9 Å². The van der Waals surface area contributed by atoms with E-state index in [-0.39, 0.29) is 17.7 Å². The Bertz CT molecular complexity index is 684. The molecule has 1 fully saturated rings. The first-order valence-corrected chi connectivity index (χ1v) is 6.83. The first-order chi connectivity index (χ1) is 9.16. The molecular weight excluding hydrogens is 308 g/mol. The number of carbonyl (C=O) groups excluding carboxylic acids is 2. The summed E-state index contributed by atoms with van der Waals surface area (Å²) in [7, 11) is 0. The minimum Gasteiger partial charge on any atom is -0.296 e. The summed E-state index contributed by atoms with van der Waals surface area (Å²) >= 11 is 3.49. The van der Waals surface area contributed by atoms with Gasteiger partial charge in [0.05, 0.1) is 11.4 Å². The fourth-order valence-electron chi connectivity index (χ4n) is 2.44. The number of piperidine rings is 1. The highest BCUT2D eigenvalue weighted by Gasteiger charge is 2.29. The number of nitrogens with one attached hydrogen (secondary N) is 1. The van der Waals surface area contributed by atoms with Gasteiger partial charge in [0.25, 0.3) is 0 Å². The lowest BCUT2D eigenvalue weighted by Gasteiger charge is -2.22. The number of rotatable bonds is 1. The summed E-state index contributed by atoms with van der Waals surface area (Å²) in [6, 6.07) is 7.65. The van der Waals surface area contributed by atoms with E-state index < -0.39 is 0 Å². The van der Waals surface area contributed by atoms with Crippen LogP contribution in [0.3, 0.4) is 0 Å². The van der Waals surface area contributed by atoms with Gasteiger partial charge in [-0.3, -0.25) is 19.9 Å². The molecule has 0 saturated carbocycles. The largest absolute Gasteiger partial charge is 0.296 e. The van der Waals surface area contributed by atoms with Crippen molar-refractivity contribution < 1.29 is 9.59 Å². The van der Waals surface area contributed by atoms with Gasteiger partial charge < -0.3 is 0 Å². The van der Waals surface area contributed by atoms with Crippen LogP contribution in [0.1, 0.15) is 24.3 Å². The molecule has 1 unspecified atom stereocenters. The van der Waals surface area contributed by atoms with Crippen molar-refractivity contribution in [2.45, 2.75) is 18.8 Å². The Labute approximate surface area is 118 Å². The smallest absolute Gasteiger partial charge is 0.234 e. The second-order valence-electron chi connectivity index (χ2n) is 4.54. The zero-order chi connectivity index (χ0) is 13.4. The molecule has 1 saturated heterocycles. The third-order valence-electron chi connectivity index (χ3n) is 3.36. The summed E-state index contributed by atoms with van der Waals surface area (Å²) in [6.07, 6.45) is 2.63. The van der Waals surface area contributed by atoms with Crippen molar-refractivity contribution in [1.29, 1.82) is 0 Å². The SMILES string of the molecule is O=C1CCC(c2cccc3c(Br)ccnc23)C(=O)N1. The Morgan fingerprint density at radius 1 is 1.26 bits per heavy atom. The van der Waals surface area contributed by atoms with Crippen molar-refractivity contribution in [2.75, 3.05) is 0 Å². The number of nitrogens with zero attached hydrogens (tertiary/aromatic N) is 1. The average molecular weight is 319 g/mol. The Balaban J connectivity index is 2.13. The minimum atomic E-state index is -0.303. The molecule has 19 heavy (non-hydrogen) atoms. The lowest BCUT2D eigenvalue weighted by molar-refractivity contribution is -0.134. The molecule has 0 radical (unpaired) electrons. The zero-order valence-electron chi connectivity index (χ0n) is 10.0. The minimum absolute atomic E-state index is 0.198. The van der Waals surface area contributed by atoms with Crippen LogP contribution in [0.4, 0.5) is 0 Å². The molecule has 1 aliphatic heterocycles. The number of amides is 2. The molecule has 96 valence electrons. The number of hydrogen-bond acceptors (Lipinski definition) is 3. The van der Waals surface area contributed by atoms with Gasteiger partial charge in [0.2, 0.25) is 11.8 Å². The van der Waals surface area contributed by atoms with E-state index in [1.165, 1.54) is 0 Å². The number of imide groups is 1. The highest BCUT2D eigenvalue weighted by atomic mass is 79.9. The Hall–Kier alpha value is -1.75. The molecule has 2 aromatic rings. The second-order valence-corrected chi connectivity index (χ2v) is 5.39. The predicted molar refractivity (Wildman–Crippen MR) is 74.6 cm³/mol. The van der Waals surface area contributed by atoms with Crippen LogP contribution in [-0.4, -0.2) is 16.8 Å². The number of fused-ring (bicyclic) bond motifs is 1. The van der Waals surface area contributed by atoms with E-state index in [0.29, 0.717) is 12.8 Å². The van der Waals surface area contributed by atoms with Crippen LogP contribution in [-0.2, 0) is 9.59 Å². The van der Waals surface area contributed by atoms with Crippen molar-refractivity contribution in [1.82, 2.24) is 10.3 Å². The normalized spacial score (nSPS) is 19.5. The number of aromatic nitrogens is 1. The Morgan fingerprint density at radius 3 is 2.89 bits per heavy atom. The van der Waals surface area contributed by atoms with E-state index in [1.54, 1.807) is 6.20 Å². The number of hydrogen-bond donors (Lipinski definition) is 1. The number of pyridine rings is 1. The van der Waals surface area contributed by atoms with Crippen LogP contribution >= 0.6 is 15.9 Å². The fraction of sp³-hybridized carbons (Fsp3) is 0.214. The molecule has 1 atom stereocenters. The third-order valence-corrected chi connectivity index (χ3v) is 4.06. The van der Waals surface area contributed by atoms with E-state index >= 15 is 0 Å². The predicted octanol–water partition coefficient (Wildman–Crippen LogP) is 2.52. The van der Waals surface area contributed by atoms with E-state index in [4.69, 9.17) is 0 Å². The molecule has 4 nitrogen and oxygen atoms in total. The van der Waals surface area contributed by atoms with Gasteiger partial charge in [0, 0.05) is 22.5 Å². The van der Waals surface area contributed by atoms with Gasteiger partial charge in [0.15, 0.2) is 0 Å². The molecule has 1 aromatic carbocycles. The first kappa shape index (κ1) is 12.3. The van der Waals surface area contributed by atoms with Crippen LogP contribution in [0, 0.1) is 0 Å². The third kappa shape index (κ3) is 2.14. The Kier molecular flexibility index (Phi) is 3.06. The van der Waals surface area contributed by atoms with Crippen molar-refractivity contribution in [3.8, 4) is 0 Å². The van der Waals surface area contributed by atoms with Gasteiger partial charge in [0.1, 0.15) is 0 Å². The van der Waals surface area contributed by atoms with E-state index in [1.807, 2.05) is 24.3 Å². The number of benzene rings is 1. The van der Waals surface area contributed by atoms with Gasteiger partial charge >= 0.3 is 0 Å². The van der Waals surface area contributed by atoms with Crippen molar-refractivity contribution >= 4 is 38.6 Å². The van der Waals surface area contributed by atoms with E-state index in [2.05, 4.69) is 26.2 Å². The monoisotopic (exact) mass is 318 g/mol. The molecule has 2 heterocycles. The Morgan fingerprint density at radius 2 is 2.11 bits per heavy atom. The van der Waals surface area contributed by atoms with Crippen LogP contribution in [0.2, 0.25) is 0 Å². The average Bonchev–Trinajstić information content (AvgIpc) is 2.39. The van der Waals surface area contributed by atoms with Gasteiger partial charge in [-0.15, -0.1) is 0 Å². The van der Waals surface area contributed by atoms with Gasteiger partial charge in [-0.2, -0.15) is 0 Å². The number of carbonyl (C=O) groups is 2. The fourth-order valence-corrected chi connectivity index (χ4v) is 2.87. The molecule has 0 bridgehead atoms. The molecule has 1 aromatic heterocycles. The summed E-state index contributed by atoms with van der Waals surface area (Å²) in [4.78, 5) is 27.6. The molecule has 1 N–H and O–H groups in total. The summed E-state index contributed by atoms with van der Waals surface area (Å²) < 4.78 is 0.951. The molecule has 0 aliphatic carbocycles. The molecule has 2 amide bonds. The highest BCUT2D eigenvalue weighted by Crippen LogP contribution is 2.32. The van der Waals surface area contributed by atoms with Crippen LogP contribution in [0.15, 0.2) is 34.9 Å². The highest BCUT2D eigenvalue weighted by molar-refractivity contribution is 9.10. The first-order valence-electron chi connectivity index (χ1n) is 6.03. The lowest BCUT2D eigenvalue weighted by Crippen LogP contribution is -2.39. The summed E-state index contributed by atoms with van der Waals surface area (Å²) in [5, 5.41) is 3.37. The molecule has 5 heteroatoms. The molecule has 0 spiro atoms. The summed E-state index contributed by atoms with van der Waals surface area (Å²) in [5.74, 6) is -0.732. The summed E-state index contributed by atoms with van der Waals surface area (Å²) in [5.41, 5.74) is 1.69. The number of halogens is 1. The van der Waals surface area contributed by atoms with E-state index in [0.717, 1.165) is 20.9 Å². The molecule has 3 rings (SSSR count). The van der Waals surface area contributed by atoms with E-state index in [9.17, 15) is 9.59 Å². The molecular formula is C14H11BrN2O2. The summed E-state index contributed by atoms with van der Waals surface area (Å²) in [6.45, 7) is 0. The zero-order valence-corrected chi connectivity index (χ0v) is 11.6. The van der Waals surface area contributed by atoms with Gasteiger partial charge in [-0.1, -0.05) is 34.1 Å². The second kappa shape index (κ2) is 4.74. The topological polar surface area (TPSA) is 59.1 Å². The van der Waals surface area contributed by atoms with Crippen LogP contribution < -0.4 is 5.32 Å². The number of para-hydroxylation sites is 1. The van der Waals surface area contributed by atoms with Crippen LogP contribution in [0.5, 0.6) is 0 Å². The maximum absolute atomic E-state index is 12.0. The van der Waals surface area contributed by atoms with Crippen molar-refractivity contribution in [2.24, 2.45) is 0 Å². The van der Waals surface area contributed by atoms with Gasteiger partial charge in [-0.25, -0.2) is 0 Å². The van der Waals surface area contributed by atoms with Gasteiger partial charge in [-0.05, 0) is 18.1 Å². The van der Waals surface area contributed by atoms with Crippen molar-refractivity contribution in [3.05, 3.63) is 40.5 Å². The standard InChI is InChI=1S/C14H11BrN2O2/c15-11-6-7-16-13-8(2-1-3-10(11)13)9-4-5-12(18)17-14(9)19/h1-3,6-7,9H,4-5H2,(H,17,18,19). The lowest BCUT2D eigenvalue weighted by atomic mass is 9.89. The maximum atomic E-state index is 12.0. The quantitative estimate of drug-likeness (QED) is 0.822.